The lowest BCUT2D eigenvalue weighted by molar-refractivity contribution is -0.137. The van der Waals surface area contributed by atoms with Gasteiger partial charge in [-0.3, -0.25) is 19.9 Å². The third-order valence-corrected chi connectivity index (χ3v) is 5.59. The molecule has 41 heavy (non-hydrogen) atoms. The Bertz CT molecular complexity index is 1400. The van der Waals surface area contributed by atoms with Crippen LogP contribution in [0, 0.1) is 5.92 Å². The third kappa shape index (κ3) is 9.33. The van der Waals surface area contributed by atoms with E-state index in [1.54, 1.807) is 69.6 Å². The SMILES string of the molecule is CC(C)CNc1cc(NC(=O)OC(C)(C)C)c(NC(=O)CC(=O)c2cccc(-c3ccncc3)c2)cc1C(F)(F)F. The number of rotatable bonds is 9. The van der Waals surface area contributed by atoms with Crippen LogP contribution < -0.4 is 16.0 Å². The second-order valence-electron chi connectivity index (χ2n) is 10.8. The van der Waals surface area contributed by atoms with Gasteiger partial charge in [0.1, 0.15) is 5.60 Å². The van der Waals surface area contributed by atoms with Crippen LogP contribution >= 0.6 is 0 Å². The molecule has 218 valence electrons. The number of ketones is 1. The molecule has 8 nitrogen and oxygen atoms in total. The van der Waals surface area contributed by atoms with Gasteiger partial charge in [-0.1, -0.05) is 32.0 Å². The number of benzene rings is 2. The van der Waals surface area contributed by atoms with Crippen LogP contribution in [0.25, 0.3) is 11.1 Å². The Hall–Kier alpha value is -4.41. The predicted molar refractivity (Wildman–Crippen MR) is 152 cm³/mol. The average Bonchev–Trinajstić information content (AvgIpc) is 2.87. The summed E-state index contributed by atoms with van der Waals surface area (Å²) in [5.74, 6) is -1.36. The summed E-state index contributed by atoms with van der Waals surface area (Å²) in [7, 11) is 0. The molecule has 0 aliphatic rings. The Morgan fingerprint density at radius 2 is 1.54 bits per heavy atom. The highest BCUT2D eigenvalue weighted by atomic mass is 19.4. The zero-order valence-electron chi connectivity index (χ0n) is 23.5. The van der Waals surface area contributed by atoms with Crippen LogP contribution in [0.15, 0.2) is 60.9 Å². The largest absolute Gasteiger partial charge is 0.444 e. The minimum atomic E-state index is -4.77. The number of alkyl halides is 3. The number of nitrogens with one attached hydrogen (secondary N) is 3. The van der Waals surface area contributed by atoms with E-state index in [4.69, 9.17) is 4.74 Å². The van der Waals surface area contributed by atoms with Gasteiger partial charge in [-0.2, -0.15) is 13.2 Å². The first-order valence-electron chi connectivity index (χ1n) is 12.9. The summed E-state index contributed by atoms with van der Waals surface area (Å²) >= 11 is 0. The summed E-state index contributed by atoms with van der Waals surface area (Å²) in [6.07, 6.45) is -3.11. The first-order valence-corrected chi connectivity index (χ1v) is 12.9. The van der Waals surface area contributed by atoms with Crippen molar-refractivity contribution < 1.29 is 32.3 Å². The lowest BCUT2D eigenvalue weighted by Crippen LogP contribution is -2.28. The van der Waals surface area contributed by atoms with E-state index in [-0.39, 0.29) is 35.1 Å². The number of anilines is 3. The van der Waals surface area contributed by atoms with Gasteiger partial charge in [-0.25, -0.2) is 4.79 Å². The Morgan fingerprint density at radius 3 is 2.15 bits per heavy atom. The maximum atomic E-state index is 14.0. The van der Waals surface area contributed by atoms with E-state index in [0.29, 0.717) is 0 Å². The van der Waals surface area contributed by atoms with Crippen molar-refractivity contribution in [1.29, 1.82) is 0 Å². The number of carbonyl (C=O) groups is 3. The van der Waals surface area contributed by atoms with Crippen molar-refractivity contribution >= 4 is 34.8 Å². The van der Waals surface area contributed by atoms with E-state index in [2.05, 4.69) is 20.9 Å². The number of halogens is 3. The Kier molecular flexibility index (Phi) is 9.75. The molecule has 2 amide bonds. The molecule has 1 heterocycles. The average molecular weight is 571 g/mol. The number of hydrogen-bond donors (Lipinski definition) is 3. The second kappa shape index (κ2) is 12.8. The first-order chi connectivity index (χ1) is 19.1. The smallest absolute Gasteiger partial charge is 0.418 e. The first kappa shape index (κ1) is 31.1. The fraction of sp³-hybridized carbons (Fsp3) is 0.333. The van der Waals surface area contributed by atoms with E-state index in [0.717, 1.165) is 23.3 Å². The number of carbonyl (C=O) groups excluding carboxylic acids is 3. The zero-order chi connectivity index (χ0) is 30.4. The molecular weight excluding hydrogens is 537 g/mol. The summed E-state index contributed by atoms with van der Waals surface area (Å²) < 4.78 is 47.2. The highest BCUT2D eigenvalue weighted by Crippen LogP contribution is 2.40. The van der Waals surface area contributed by atoms with Gasteiger partial charge in [-0.05, 0) is 68.1 Å². The van der Waals surface area contributed by atoms with Gasteiger partial charge >= 0.3 is 12.3 Å². The van der Waals surface area contributed by atoms with Gasteiger partial charge in [0.05, 0.1) is 23.4 Å². The fourth-order valence-corrected chi connectivity index (χ4v) is 3.77. The summed E-state index contributed by atoms with van der Waals surface area (Å²) in [5.41, 5.74) is -0.843. The molecule has 3 aromatic rings. The molecule has 11 heteroatoms. The van der Waals surface area contributed by atoms with Crippen LogP contribution in [0.4, 0.5) is 35.0 Å². The molecule has 0 unspecified atom stereocenters. The highest BCUT2D eigenvalue weighted by Gasteiger charge is 2.35. The van der Waals surface area contributed by atoms with Crippen molar-refractivity contribution in [3.8, 4) is 11.1 Å². The van der Waals surface area contributed by atoms with Crippen molar-refractivity contribution in [2.45, 2.75) is 52.8 Å². The van der Waals surface area contributed by atoms with Crippen LogP contribution in [0.3, 0.4) is 0 Å². The second-order valence-corrected chi connectivity index (χ2v) is 10.8. The lowest BCUT2D eigenvalue weighted by atomic mass is 10.0. The molecule has 0 bridgehead atoms. The number of aromatic nitrogens is 1. The monoisotopic (exact) mass is 570 g/mol. The van der Waals surface area contributed by atoms with E-state index < -0.39 is 41.5 Å². The van der Waals surface area contributed by atoms with Gasteiger partial charge < -0.3 is 15.4 Å². The topological polar surface area (TPSA) is 109 Å². The minimum Gasteiger partial charge on any atom is -0.444 e. The summed E-state index contributed by atoms with van der Waals surface area (Å²) in [4.78, 5) is 42.3. The number of amides is 2. The van der Waals surface area contributed by atoms with Crippen molar-refractivity contribution in [1.82, 2.24) is 4.98 Å². The van der Waals surface area contributed by atoms with Crippen LogP contribution in [0.5, 0.6) is 0 Å². The molecule has 3 N–H and O–H groups in total. The van der Waals surface area contributed by atoms with Crippen molar-refractivity contribution in [2.75, 3.05) is 22.5 Å². The van der Waals surface area contributed by atoms with E-state index in [1.165, 1.54) is 0 Å². The molecular formula is C30H33F3N4O4. The van der Waals surface area contributed by atoms with Crippen LogP contribution in [0.1, 0.15) is 57.0 Å². The number of ether oxygens (including phenoxy) is 1. The van der Waals surface area contributed by atoms with E-state index in [1.807, 2.05) is 13.8 Å². The molecule has 2 aromatic carbocycles. The van der Waals surface area contributed by atoms with Crippen molar-refractivity contribution in [3.05, 3.63) is 72.1 Å². The maximum Gasteiger partial charge on any atom is 0.418 e. The predicted octanol–water partition coefficient (Wildman–Crippen LogP) is 7.39. The number of Topliss-reactive ketones (excluding diaryl/α,β-unsaturated/α-hetero) is 1. The summed E-state index contributed by atoms with van der Waals surface area (Å²) in [5, 5.41) is 7.53. The van der Waals surface area contributed by atoms with Crippen molar-refractivity contribution in [2.24, 2.45) is 5.92 Å². The van der Waals surface area contributed by atoms with Crippen LogP contribution in [-0.2, 0) is 15.7 Å². The quantitative estimate of drug-likeness (QED) is 0.183. The molecule has 3 rings (SSSR count). The molecule has 0 atom stereocenters. The van der Waals surface area contributed by atoms with Gasteiger partial charge in [0.15, 0.2) is 5.78 Å². The van der Waals surface area contributed by atoms with E-state index in [9.17, 15) is 27.6 Å². The molecule has 0 fully saturated rings. The molecule has 0 radical (unpaired) electrons. The van der Waals surface area contributed by atoms with Gasteiger partial charge in [-0.15, -0.1) is 0 Å². The molecule has 0 saturated heterocycles. The number of pyridine rings is 1. The Morgan fingerprint density at radius 1 is 0.878 bits per heavy atom. The zero-order valence-corrected chi connectivity index (χ0v) is 23.5. The van der Waals surface area contributed by atoms with Crippen LogP contribution in [-0.4, -0.2) is 34.9 Å². The van der Waals surface area contributed by atoms with Crippen LogP contribution in [0.2, 0.25) is 0 Å². The van der Waals surface area contributed by atoms with Crippen molar-refractivity contribution in [3.63, 3.8) is 0 Å². The lowest BCUT2D eigenvalue weighted by Gasteiger charge is -2.23. The fourth-order valence-electron chi connectivity index (χ4n) is 3.77. The minimum absolute atomic E-state index is 0.0285. The Labute approximate surface area is 236 Å². The van der Waals surface area contributed by atoms with Gasteiger partial charge in [0.2, 0.25) is 5.91 Å². The molecule has 0 saturated carbocycles. The van der Waals surface area contributed by atoms with E-state index >= 15 is 0 Å². The maximum absolute atomic E-state index is 14.0. The third-order valence-electron chi connectivity index (χ3n) is 5.59. The summed E-state index contributed by atoms with van der Waals surface area (Å²) in [6.45, 7) is 8.79. The molecule has 1 aromatic heterocycles. The number of nitrogens with zero attached hydrogens (tertiary/aromatic N) is 1. The van der Waals surface area contributed by atoms with Gasteiger partial charge in [0, 0.05) is 30.2 Å². The molecule has 0 aliphatic heterocycles. The Balaban J connectivity index is 1.90. The molecule has 0 spiro atoms. The number of hydrogen-bond acceptors (Lipinski definition) is 6. The normalized spacial score (nSPS) is 11.6. The highest BCUT2D eigenvalue weighted by molar-refractivity contribution is 6.12. The van der Waals surface area contributed by atoms with Gasteiger partial charge in [0.25, 0.3) is 0 Å². The molecule has 0 aliphatic carbocycles. The standard InChI is InChI=1S/C30H33F3N4O4/c1-18(2)17-35-23-15-25(37-28(40)41-29(3,4)5)24(14-22(23)30(31,32)33)36-27(39)16-26(38)21-8-6-7-20(13-21)19-9-11-34-12-10-19/h6-15,18,35H,16-17H2,1-5H3,(H,36,39)(H,37,40). The summed E-state index contributed by atoms with van der Waals surface area (Å²) in [6, 6.07) is 12.0.